The molecular formula is C19H22BrN3OS. The molecule has 0 bridgehead atoms. The molecule has 1 N–H and O–H groups in total. The standard InChI is InChI=1S/C19H22BrN3OS/c1-2-24-18-9-4-3-8-17(18)22-10-12-23(13-11-22)19(25)21-16-7-5-6-15(20)14-16/h3-9,14H,2,10-13H2,1H3,(H,21,25). The number of thiocarbonyl (C=S) groups is 1. The summed E-state index contributed by atoms with van der Waals surface area (Å²) in [7, 11) is 0. The Morgan fingerprint density at radius 1 is 1.12 bits per heavy atom. The van der Waals surface area contributed by atoms with E-state index in [0.29, 0.717) is 6.61 Å². The Labute approximate surface area is 162 Å². The molecule has 0 unspecified atom stereocenters. The average Bonchev–Trinajstić information content (AvgIpc) is 2.63. The summed E-state index contributed by atoms with van der Waals surface area (Å²) in [5.41, 5.74) is 2.17. The van der Waals surface area contributed by atoms with Crippen molar-refractivity contribution in [1.82, 2.24) is 4.90 Å². The number of rotatable bonds is 4. The topological polar surface area (TPSA) is 27.7 Å². The fourth-order valence-electron chi connectivity index (χ4n) is 2.92. The Kier molecular flexibility index (Phi) is 6.15. The third kappa shape index (κ3) is 4.64. The summed E-state index contributed by atoms with van der Waals surface area (Å²) in [5, 5.41) is 4.10. The molecule has 0 spiro atoms. The van der Waals surface area contributed by atoms with Crippen molar-refractivity contribution in [1.29, 1.82) is 0 Å². The molecule has 132 valence electrons. The minimum atomic E-state index is 0.678. The monoisotopic (exact) mass is 419 g/mol. The van der Waals surface area contributed by atoms with E-state index >= 15 is 0 Å². The number of anilines is 2. The van der Waals surface area contributed by atoms with E-state index in [2.05, 4.69) is 43.2 Å². The van der Waals surface area contributed by atoms with E-state index in [4.69, 9.17) is 17.0 Å². The van der Waals surface area contributed by atoms with Crippen molar-refractivity contribution in [2.45, 2.75) is 6.92 Å². The van der Waals surface area contributed by atoms with Crippen molar-refractivity contribution >= 4 is 44.6 Å². The number of nitrogens with zero attached hydrogens (tertiary/aromatic N) is 2. The molecule has 1 fully saturated rings. The first-order valence-electron chi connectivity index (χ1n) is 8.45. The SMILES string of the molecule is CCOc1ccccc1N1CCN(C(=S)Nc2cccc(Br)c2)CC1. The lowest BCUT2D eigenvalue weighted by Crippen LogP contribution is -2.50. The van der Waals surface area contributed by atoms with Gasteiger partial charge < -0.3 is 19.9 Å². The third-order valence-electron chi connectivity index (χ3n) is 4.15. The maximum absolute atomic E-state index is 5.76. The Bertz CT molecular complexity index is 732. The zero-order valence-electron chi connectivity index (χ0n) is 14.2. The van der Waals surface area contributed by atoms with Gasteiger partial charge in [-0.3, -0.25) is 0 Å². The lowest BCUT2D eigenvalue weighted by atomic mass is 10.2. The van der Waals surface area contributed by atoms with Gasteiger partial charge in [0, 0.05) is 36.3 Å². The highest BCUT2D eigenvalue weighted by atomic mass is 79.9. The van der Waals surface area contributed by atoms with E-state index < -0.39 is 0 Å². The minimum Gasteiger partial charge on any atom is -0.492 e. The summed E-state index contributed by atoms with van der Waals surface area (Å²) >= 11 is 9.06. The molecule has 1 aliphatic heterocycles. The summed E-state index contributed by atoms with van der Waals surface area (Å²) in [6.07, 6.45) is 0. The number of para-hydroxylation sites is 2. The molecule has 2 aromatic carbocycles. The molecule has 25 heavy (non-hydrogen) atoms. The first-order chi connectivity index (χ1) is 12.2. The molecule has 0 saturated carbocycles. The van der Waals surface area contributed by atoms with E-state index in [1.54, 1.807) is 0 Å². The number of hydrogen-bond donors (Lipinski definition) is 1. The second kappa shape index (κ2) is 8.54. The highest BCUT2D eigenvalue weighted by molar-refractivity contribution is 9.10. The number of benzene rings is 2. The van der Waals surface area contributed by atoms with Crippen LogP contribution in [0.5, 0.6) is 5.75 Å². The molecule has 0 aliphatic carbocycles. The molecule has 1 heterocycles. The molecule has 0 amide bonds. The second-order valence-electron chi connectivity index (χ2n) is 5.82. The van der Waals surface area contributed by atoms with Gasteiger partial charge in [-0.1, -0.05) is 34.1 Å². The molecule has 1 saturated heterocycles. The van der Waals surface area contributed by atoms with E-state index in [1.807, 2.05) is 43.3 Å². The van der Waals surface area contributed by atoms with Gasteiger partial charge in [-0.05, 0) is 49.5 Å². The third-order valence-corrected chi connectivity index (χ3v) is 5.00. The molecule has 0 radical (unpaired) electrons. The molecule has 2 aromatic rings. The van der Waals surface area contributed by atoms with Crippen LogP contribution in [0.1, 0.15) is 6.92 Å². The van der Waals surface area contributed by atoms with Crippen LogP contribution in [-0.2, 0) is 0 Å². The van der Waals surface area contributed by atoms with Gasteiger partial charge in [0.2, 0.25) is 0 Å². The number of halogens is 1. The van der Waals surface area contributed by atoms with Crippen LogP contribution >= 0.6 is 28.1 Å². The van der Waals surface area contributed by atoms with Gasteiger partial charge in [0.25, 0.3) is 0 Å². The smallest absolute Gasteiger partial charge is 0.173 e. The van der Waals surface area contributed by atoms with Gasteiger partial charge in [0.1, 0.15) is 5.75 Å². The van der Waals surface area contributed by atoms with Crippen LogP contribution < -0.4 is 15.0 Å². The van der Waals surface area contributed by atoms with Crippen molar-refractivity contribution in [3.63, 3.8) is 0 Å². The lowest BCUT2D eigenvalue weighted by molar-refractivity contribution is 0.336. The first kappa shape index (κ1) is 18.0. The predicted molar refractivity (Wildman–Crippen MR) is 112 cm³/mol. The number of nitrogens with one attached hydrogen (secondary N) is 1. The summed E-state index contributed by atoms with van der Waals surface area (Å²) < 4.78 is 6.80. The maximum Gasteiger partial charge on any atom is 0.173 e. The molecular weight excluding hydrogens is 398 g/mol. The highest BCUT2D eigenvalue weighted by Gasteiger charge is 2.21. The van der Waals surface area contributed by atoms with Crippen molar-refractivity contribution in [2.24, 2.45) is 0 Å². The minimum absolute atomic E-state index is 0.678. The van der Waals surface area contributed by atoms with E-state index in [0.717, 1.165) is 52.9 Å². The Morgan fingerprint density at radius 3 is 2.60 bits per heavy atom. The first-order valence-corrected chi connectivity index (χ1v) is 9.66. The van der Waals surface area contributed by atoms with Crippen LogP contribution in [0.25, 0.3) is 0 Å². The zero-order valence-corrected chi connectivity index (χ0v) is 16.6. The van der Waals surface area contributed by atoms with Gasteiger partial charge in [-0.2, -0.15) is 0 Å². The van der Waals surface area contributed by atoms with E-state index in [-0.39, 0.29) is 0 Å². The Morgan fingerprint density at radius 2 is 1.88 bits per heavy atom. The summed E-state index contributed by atoms with van der Waals surface area (Å²) in [5.74, 6) is 0.952. The second-order valence-corrected chi connectivity index (χ2v) is 7.12. The number of piperazine rings is 1. The number of ether oxygens (including phenoxy) is 1. The van der Waals surface area contributed by atoms with Crippen LogP contribution in [0.4, 0.5) is 11.4 Å². The van der Waals surface area contributed by atoms with Crippen LogP contribution in [0.2, 0.25) is 0 Å². The Hall–Kier alpha value is -1.79. The molecule has 0 aromatic heterocycles. The van der Waals surface area contributed by atoms with Gasteiger partial charge in [-0.25, -0.2) is 0 Å². The van der Waals surface area contributed by atoms with Crippen LogP contribution in [-0.4, -0.2) is 42.8 Å². The van der Waals surface area contributed by atoms with Gasteiger partial charge >= 0.3 is 0 Å². The zero-order chi connectivity index (χ0) is 17.6. The molecule has 3 rings (SSSR count). The van der Waals surface area contributed by atoms with E-state index in [1.165, 1.54) is 0 Å². The normalized spacial score (nSPS) is 14.3. The van der Waals surface area contributed by atoms with Gasteiger partial charge in [0.15, 0.2) is 5.11 Å². The van der Waals surface area contributed by atoms with Crippen molar-refractivity contribution in [2.75, 3.05) is 43.0 Å². The van der Waals surface area contributed by atoms with Crippen molar-refractivity contribution < 1.29 is 4.74 Å². The maximum atomic E-state index is 5.76. The summed E-state index contributed by atoms with van der Waals surface area (Å²) in [6, 6.07) is 16.3. The average molecular weight is 420 g/mol. The molecule has 0 atom stereocenters. The molecule has 1 aliphatic rings. The summed E-state index contributed by atoms with van der Waals surface area (Å²) in [4.78, 5) is 4.58. The molecule has 4 nitrogen and oxygen atoms in total. The summed E-state index contributed by atoms with van der Waals surface area (Å²) in [6.45, 7) is 6.31. The fraction of sp³-hybridized carbons (Fsp3) is 0.316. The predicted octanol–water partition coefficient (Wildman–Crippen LogP) is 4.37. The van der Waals surface area contributed by atoms with Gasteiger partial charge in [0.05, 0.1) is 12.3 Å². The number of hydrogen-bond acceptors (Lipinski definition) is 3. The lowest BCUT2D eigenvalue weighted by Gasteiger charge is -2.38. The van der Waals surface area contributed by atoms with Crippen molar-refractivity contribution in [3.8, 4) is 5.75 Å². The molecule has 6 heteroatoms. The van der Waals surface area contributed by atoms with E-state index in [9.17, 15) is 0 Å². The highest BCUT2D eigenvalue weighted by Crippen LogP contribution is 2.29. The quantitative estimate of drug-likeness (QED) is 0.742. The fourth-order valence-corrected chi connectivity index (χ4v) is 3.61. The van der Waals surface area contributed by atoms with Gasteiger partial charge in [-0.15, -0.1) is 0 Å². The van der Waals surface area contributed by atoms with Crippen LogP contribution in [0.15, 0.2) is 53.0 Å². The largest absolute Gasteiger partial charge is 0.492 e. The van der Waals surface area contributed by atoms with Crippen molar-refractivity contribution in [3.05, 3.63) is 53.0 Å². The Balaban J connectivity index is 1.59. The van der Waals surface area contributed by atoms with Crippen LogP contribution in [0.3, 0.4) is 0 Å². The van der Waals surface area contributed by atoms with Crippen LogP contribution in [0, 0.1) is 0 Å².